The minimum atomic E-state index is -3.17. The number of carbonyl (C=O) groups is 1. The van der Waals surface area contributed by atoms with Gasteiger partial charge in [0.2, 0.25) is 10.0 Å². The van der Waals surface area contributed by atoms with E-state index in [0.29, 0.717) is 32.7 Å². The Balaban J connectivity index is 2.25. The molecule has 23 heavy (non-hydrogen) atoms. The van der Waals surface area contributed by atoms with Crippen molar-refractivity contribution >= 4 is 16.1 Å². The van der Waals surface area contributed by atoms with Gasteiger partial charge in [0.15, 0.2) is 0 Å². The average Bonchev–Trinajstić information content (AvgIpc) is 2.54. The van der Waals surface area contributed by atoms with Crippen LogP contribution in [0.2, 0.25) is 0 Å². The Morgan fingerprint density at radius 3 is 2.57 bits per heavy atom. The number of sulfonamides is 1. The third-order valence-corrected chi connectivity index (χ3v) is 4.46. The van der Waals surface area contributed by atoms with E-state index in [-0.39, 0.29) is 11.8 Å². The summed E-state index contributed by atoms with van der Waals surface area (Å²) in [4.78, 5) is 11.7. The standard InChI is InChI=1S/C15H25N3O4S/c1-3-22-14-9-6-5-8-13(14)12-17-15(19)16-10-7-11-18-23(20,21)4-2/h5-6,8-9,18H,3-4,7,10-12H2,1-2H3,(H2,16,17,19). The number of amides is 2. The Bertz CT molecular complexity index is 590. The zero-order valence-corrected chi connectivity index (χ0v) is 14.4. The molecule has 0 aromatic heterocycles. The first kappa shape index (κ1) is 19.2. The fourth-order valence-corrected chi connectivity index (χ4v) is 2.46. The third kappa shape index (κ3) is 7.85. The molecule has 0 aliphatic carbocycles. The smallest absolute Gasteiger partial charge is 0.315 e. The van der Waals surface area contributed by atoms with Crippen LogP contribution in [0.3, 0.4) is 0 Å². The normalized spacial score (nSPS) is 11.0. The van der Waals surface area contributed by atoms with Gasteiger partial charge in [-0.15, -0.1) is 0 Å². The van der Waals surface area contributed by atoms with Crippen molar-refractivity contribution in [2.75, 3.05) is 25.4 Å². The first-order chi connectivity index (χ1) is 11.0. The first-order valence-electron chi connectivity index (χ1n) is 7.68. The Morgan fingerprint density at radius 2 is 1.87 bits per heavy atom. The van der Waals surface area contributed by atoms with E-state index in [1.54, 1.807) is 6.92 Å². The summed E-state index contributed by atoms with van der Waals surface area (Å²) in [5, 5.41) is 5.43. The Morgan fingerprint density at radius 1 is 1.13 bits per heavy atom. The molecule has 0 fully saturated rings. The van der Waals surface area contributed by atoms with Crippen LogP contribution in [0.1, 0.15) is 25.8 Å². The molecule has 0 saturated heterocycles. The van der Waals surface area contributed by atoms with Crippen molar-refractivity contribution in [3.63, 3.8) is 0 Å². The molecule has 3 N–H and O–H groups in total. The van der Waals surface area contributed by atoms with Gasteiger partial charge in [-0.05, 0) is 26.3 Å². The summed E-state index contributed by atoms with van der Waals surface area (Å²) >= 11 is 0. The van der Waals surface area contributed by atoms with E-state index in [4.69, 9.17) is 4.74 Å². The number of para-hydroxylation sites is 1. The van der Waals surface area contributed by atoms with Crippen molar-refractivity contribution in [2.45, 2.75) is 26.8 Å². The van der Waals surface area contributed by atoms with Gasteiger partial charge >= 0.3 is 6.03 Å². The second kappa shape index (κ2) is 10.1. The summed E-state index contributed by atoms with van der Waals surface area (Å²) in [6.07, 6.45) is 0.530. The maximum atomic E-state index is 11.7. The van der Waals surface area contributed by atoms with Crippen LogP contribution >= 0.6 is 0 Å². The first-order valence-corrected chi connectivity index (χ1v) is 9.33. The van der Waals surface area contributed by atoms with Gasteiger partial charge in [0, 0.05) is 25.2 Å². The molecule has 8 heteroatoms. The Kier molecular flexibility index (Phi) is 8.42. The minimum absolute atomic E-state index is 0.0557. The van der Waals surface area contributed by atoms with E-state index in [9.17, 15) is 13.2 Å². The van der Waals surface area contributed by atoms with Crippen molar-refractivity contribution in [3.05, 3.63) is 29.8 Å². The number of benzene rings is 1. The highest BCUT2D eigenvalue weighted by atomic mass is 32.2. The molecule has 0 atom stereocenters. The van der Waals surface area contributed by atoms with Crippen LogP contribution in [-0.2, 0) is 16.6 Å². The molecule has 7 nitrogen and oxygen atoms in total. The van der Waals surface area contributed by atoms with Gasteiger partial charge in [-0.3, -0.25) is 0 Å². The minimum Gasteiger partial charge on any atom is -0.494 e. The molecular formula is C15H25N3O4S. The summed E-state index contributed by atoms with van der Waals surface area (Å²) in [7, 11) is -3.17. The number of hydrogen-bond donors (Lipinski definition) is 3. The van der Waals surface area contributed by atoms with Gasteiger partial charge < -0.3 is 15.4 Å². The van der Waals surface area contributed by atoms with E-state index < -0.39 is 10.0 Å². The average molecular weight is 343 g/mol. The molecule has 0 saturated carbocycles. The summed E-state index contributed by atoms with van der Waals surface area (Å²) in [5.74, 6) is 0.810. The summed E-state index contributed by atoms with van der Waals surface area (Å²) in [6, 6.07) is 7.22. The molecule has 2 amide bonds. The molecule has 0 aliphatic heterocycles. The number of rotatable bonds is 10. The van der Waals surface area contributed by atoms with Gasteiger partial charge in [-0.1, -0.05) is 18.2 Å². The molecule has 0 radical (unpaired) electrons. The molecule has 0 unspecified atom stereocenters. The van der Waals surface area contributed by atoms with Crippen LogP contribution < -0.4 is 20.1 Å². The SMILES string of the molecule is CCOc1ccccc1CNC(=O)NCCCNS(=O)(=O)CC. The van der Waals surface area contributed by atoms with Gasteiger partial charge in [0.05, 0.1) is 12.4 Å². The van der Waals surface area contributed by atoms with Gasteiger partial charge in [0.25, 0.3) is 0 Å². The lowest BCUT2D eigenvalue weighted by atomic mass is 10.2. The second-order valence-corrected chi connectivity index (χ2v) is 6.90. The highest BCUT2D eigenvalue weighted by molar-refractivity contribution is 7.89. The van der Waals surface area contributed by atoms with E-state index >= 15 is 0 Å². The number of ether oxygens (including phenoxy) is 1. The molecule has 0 aliphatic rings. The van der Waals surface area contributed by atoms with Crippen LogP contribution in [0, 0.1) is 0 Å². The third-order valence-electron chi connectivity index (χ3n) is 3.05. The van der Waals surface area contributed by atoms with Crippen molar-refractivity contribution < 1.29 is 17.9 Å². The Labute approximate surface area is 137 Å². The lowest BCUT2D eigenvalue weighted by Crippen LogP contribution is -2.37. The predicted molar refractivity (Wildman–Crippen MR) is 89.9 cm³/mol. The molecule has 1 rings (SSSR count). The van der Waals surface area contributed by atoms with Crippen LogP contribution in [0.4, 0.5) is 4.79 Å². The van der Waals surface area contributed by atoms with E-state index in [0.717, 1.165) is 11.3 Å². The number of carbonyl (C=O) groups excluding carboxylic acids is 1. The zero-order chi connectivity index (χ0) is 17.1. The second-order valence-electron chi connectivity index (χ2n) is 4.80. The summed E-state index contributed by atoms with van der Waals surface area (Å²) in [5.41, 5.74) is 0.903. The molecule has 0 heterocycles. The highest BCUT2D eigenvalue weighted by Gasteiger charge is 2.06. The van der Waals surface area contributed by atoms with E-state index in [2.05, 4.69) is 15.4 Å². The van der Waals surface area contributed by atoms with E-state index in [1.807, 2.05) is 31.2 Å². The largest absolute Gasteiger partial charge is 0.494 e. The molecule has 0 spiro atoms. The van der Waals surface area contributed by atoms with Crippen molar-refractivity contribution in [3.8, 4) is 5.75 Å². The van der Waals surface area contributed by atoms with Gasteiger partial charge in [-0.2, -0.15) is 0 Å². The number of urea groups is 1. The lowest BCUT2D eigenvalue weighted by Gasteiger charge is -2.11. The number of hydrogen-bond acceptors (Lipinski definition) is 4. The van der Waals surface area contributed by atoms with Crippen molar-refractivity contribution in [1.82, 2.24) is 15.4 Å². The molecule has 130 valence electrons. The van der Waals surface area contributed by atoms with Crippen LogP contribution in [0.25, 0.3) is 0 Å². The summed E-state index contributed by atoms with van der Waals surface area (Å²) < 4.78 is 30.4. The maximum Gasteiger partial charge on any atom is 0.315 e. The quantitative estimate of drug-likeness (QED) is 0.556. The van der Waals surface area contributed by atoms with E-state index in [1.165, 1.54) is 0 Å². The van der Waals surface area contributed by atoms with Crippen LogP contribution in [-0.4, -0.2) is 39.9 Å². The maximum absolute atomic E-state index is 11.7. The highest BCUT2D eigenvalue weighted by Crippen LogP contribution is 2.17. The number of nitrogens with one attached hydrogen (secondary N) is 3. The van der Waals surface area contributed by atoms with Gasteiger partial charge in [0.1, 0.15) is 5.75 Å². The van der Waals surface area contributed by atoms with Gasteiger partial charge in [-0.25, -0.2) is 17.9 Å². The molecule has 1 aromatic rings. The fourth-order valence-electron chi connectivity index (χ4n) is 1.80. The predicted octanol–water partition coefficient (Wildman–Crippen LogP) is 1.21. The Hall–Kier alpha value is -1.80. The summed E-state index contributed by atoms with van der Waals surface area (Å²) in [6.45, 7) is 5.12. The topological polar surface area (TPSA) is 96.5 Å². The van der Waals surface area contributed by atoms with Crippen molar-refractivity contribution in [1.29, 1.82) is 0 Å². The molecular weight excluding hydrogens is 318 g/mol. The van der Waals surface area contributed by atoms with Crippen LogP contribution in [0.5, 0.6) is 5.75 Å². The monoisotopic (exact) mass is 343 g/mol. The molecule has 0 bridgehead atoms. The van der Waals surface area contributed by atoms with Crippen molar-refractivity contribution in [2.24, 2.45) is 0 Å². The fraction of sp³-hybridized carbons (Fsp3) is 0.533. The van der Waals surface area contributed by atoms with Crippen LogP contribution in [0.15, 0.2) is 24.3 Å². The molecule has 1 aromatic carbocycles. The zero-order valence-electron chi connectivity index (χ0n) is 13.6. The lowest BCUT2D eigenvalue weighted by molar-refractivity contribution is 0.240.